The maximum atomic E-state index is 11.9. The van der Waals surface area contributed by atoms with Crippen LogP contribution in [0.4, 0.5) is 0 Å². The third-order valence-electron chi connectivity index (χ3n) is 4.46. The first-order valence-corrected chi connectivity index (χ1v) is 9.42. The lowest BCUT2D eigenvalue weighted by molar-refractivity contribution is -0.121. The zero-order valence-electron chi connectivity index (χ0n) is 15.7. The second-order valence-electron chi connectivity index (χ2n) is 6.69. The van der Waals surface area contributed by atoms with Crippen LogP contribution in [0.15, 0.2) is 4.99 Å². The molecule has 1 fully saturated rings. The van der Waals surface area contributed by atoms with E-state index in [0.29, 0.717) is 25.0 Å². The van der Waals surface area contributed by atoms with Gasteiger partial charge in [-0.2, -0.15) is 0 Å². The highest BCUT2D eigenvalue weighted by Crippen LogP contribution is 2.17. The summed E-state index contributed by atoms with van der Waals surface area (Å²) in [6, 6.07) is 0.813. The fourth-order valence-corrected chi connectivity index (χ4v) is 3.04. The molecule has 0 bridgehead atoms. The van der Waals surface area contributed by atoms with Gasteiger partial charge < -0.3 is 16.0 Å². The molecule has 0 aromatic heterocycles. The maximum Gasteiger partial charge on any atom is 0.221 e. The molecule has 1 rings (SSSR count). The number of unbranched alkanes of at least 4 members (excludes halogenated alkanes) is 3. The van der Waals surface area contributed by atoms with Gasteiger partial charge in [0.15, 0.2) is 5.96 Å². The van der Waals surface area contributed by atoms with Crippen LogP contribution >= 0.6 is 24.0 Å². The number of hydrogen-bond acceptors (Lipinski definition) is 2. The minimum absolute atomic E-state index is 0. The van der Waals surface area contributed by atoms with Crippen molar-refractivity contribution in [2.24, 2.45) is 4.99 Å². The topological polar surface area (TPSA) is 65.5 Å². The maximum absolute atomic E-state index is 11.9. The third kappa shape index (κ3) is 11.1. The summed E-state index contributed by atoms with van der Waals surface area (Å²) in [5.74, 6) is 0.939. The van der Waals surface area contributed by atoms with Crippen molar-refractivity contribution in [2.45, 2.75) is 90.1 Å². The Kier molecular flexibility index (Phi) is 14.5. The molecule has 1 atom stereocenters. The van der Waals surface area contributed by atoms with E-state index in [4.69, 9.17) is 0 Å². The van der Waals surface area contributed by atoms with Gasteiger partial charge >= 0.3 is 0 Å². The van der Waals surface area contributed by atoms with Gasteiger partial charge in [-0.3, -0.25) is 9.79 Å². The fourth-order valence-electron chi connectivity index (χ4n) is 3.04. The number of nitrogens with one attached hydrogen (secondary N) is 3. The highest BCUT2D eigenvalue weighted by molar-refractivity contribution is 14.0. The average Bonchev–Trinajstić information content (AvgIpc) is 3.03. The molecule has 0 aromatic carbocycles. The van der Waals surface area contributed by atoms with Crippen LogP contribution in [0, 0.1) is 0 Å². The van der Waals surface area contributed by atoms with Gasteiger partial charge in [0.05, 0.1) is 0 Å². The number of halogens is 1. The summed E-state index contributed by atoms with van der Waals surface area (Å²) in [5.41, 5.74) is 0. The van der Waals surface area contributed by atoms with Crippen LogP contribution in [0.5, 0.6) is 0 Å². The van der Waals surface area contributed by atoms with Gasteiger partial charge in [-0.25, -0.2) is 0 Å². The third-order valence-corrected chi connectivity index (χ3v) is 4.46. The second-order valence-corrected chi connectivity index (χ2v) is 6.69. The van der Waals surface area contributed by atoms with Crippen LogP contribution in [0.1, 0.15) is 78.1 Å². The molecular formula is C18H37IN4O. The summed E-state index contributed by atoms with van der Waals surface area (Å²) in [7, 11) is 1.78. The van der Waals surface area contributed by atoms with Crippen molar-refractivity contribution in [3.05, 3.63) is 0 Å². The highest BCUT2D eigenvalue weighted by atomic mass is 127. The number of carbonyl (C=O) groups is 1. The van der Waals surface area contributed by atoms with E-state index in [2.05, 4.69) is 34.8 Å². The van der Waals surface area contributed by atoms with Gasteiger partial charge in [-0.15, -0.1) is 24.0 Å². The molecule has 0 aliphatic heterocycles. The minimum Gasteiger partial charge on any atom is -0.356 e. The molecule has 142 valence electrons. The minimum atomic E-state index is 0. The van der Waals surface area contributed by atoms with Crippen LogP contribution in [0.25, 0.3) is 0 Å². The predicted octanol–water partition coefficient (Wildman–Crippen LogP) is 3.58. The van der Waals surface area contributed by atoms with Crippen molar-refractivity contribution >= 4 is 35.8 Å². The van der Waals surface area contributed by atoms with Gasteiger partial charge in [-0.1, -0.05) is 45.4 Å². The fraction of sp³-hybridized carbons (Fsp3) is 0.889. The number of nitrogens with zero attached hydrogens (tertiary/aromatic N) is 1. The largest absolute Gasteiger partial charge is 0.356 e. The van der Waals surface area contributed by atoms with E-state index in [9.17, 15) is 4.79 Å². The van der Waals surface area contributed by atoms with Crippen molar-refractivity contribution < 1.29 is 4.79 Å². The monoisotopic (exact) mass is 452 g/mol. The Balaban J connectivity index is 0.00000529. The molecule has 1 unspecified atom stereocenters. The first kappa shape index (κ1) is 23.5. The van der Waals surface area contributed by atoms with Crippen molar-refractivity contribution in [1.29, 1.82) is 0 Å². The number of hydrogen-bond donors (Lipinski definition) is 3. The molecule has 1 saturated carbocycles. The zero-order chi connectivity index (χ0) is 16.9. The van der Waals surface area contributed by atoms with Crippen LogP contribution in [0.3, 0.4) is 0 Å². The Morgan fingerprint density at radius 2 is 1.92 bits per heavy atom. The van der Waals surface area contributed by atoms with Gasteiger partial charge in [0.25, 0.3) is 0 Å². The summed E-state index contributed by atoms with van der Waals surface area (Å²) >= 11 is 0. The molecule has 1 aliphatic carbocycles. The zero-order valence-corrected chi connectivity index (χ0v) is 18.0. The molecule has 24 heavy (non-hydrogen) atoms. The number of aliphatic imine (C=N–C) groups is 1. The highest BCUT2D eigenvalue weighted by Gasteiger charge is 2.16. The summed E-state index contributed by atoms with van der Waals surface area (Å²) in [6.07, 6.45) is 11.6. The van der Waals surface area contributed by atoms with E-state index >= 15 is 0 Å². The number of amides is 1. The lowest BCUT2D eigenvalue weighted by Gasteiger charge is -2.18. The summed E-state index contributed by atoms with van der Waals surface area (Å²) in [4.78, 5) is 16.1. The molecule has 1 aliphatic rings. The van der Waals surface area contributed by atoms with E-state index in [1.807, 2.05) is 0 Å². The second kappa shape index (κ2) is 14.8. The van der Waals surface area contributed by atoms with Crippen molar-refractivity contribution in [3.8, 4) is 0 Å². The Morgan fingerprint density at radius 3 is 2.54 bits per heavy atom. The lowest BCUT2D eigenvalue weighted by Crippen LogP contribution is -2.43. The van der Waals surface area contributed by atoms with E-state index in [-0.39, 0.29) is 29.9 Å². The quantitative estimate of drug-likeness (QED) is 0.206. The van der Waals surface area contributed by atoms with Crippen LogP contribution in [-0.4, -0.2) is 37.5 Å². The summed E-state index contributed by atoms with van der Waals surface area (Å²) in [5, 5.41) is 9.75. The van der Waals surface area contributed by atoms with E-state index < -0.39 is 0 Å². The Labute approximate surface area is 165 Å². The first-order chi connectivity index (χ1) is 11.2. The molecule has 1 amide bonds. The molecule has 0 aromatic rings. The van der Waals surface area contributed by atoms with Gasteiger partial charge in [-0.05, 0) is 26.2 Å². The smallest absolute Gasteiger partial charge is 0.221 e. The molecule has 3 N–H and O–H groups in total. The van der Waals surface area contributed by atoms with E-state index in [1.54, 1.807) is 7.05 Å². The SMILES string of the molecule is CCCCCCC(C)NC(=NC)NCCC(=O)NC1CCCC1.I. The van der Waals surface area contributed by atoms with Gasteiger partial charge in [0, 0.05) is 32.1 Å². The normalized spacial score (nSPS) is 16.4. The standard InChI is InChI=1S/C18H36N4O.HI/c1-4-5-6-7-10-15(2)21-18(19-3)20-14-13-17(23)22-16-11-8-9-12-16;/h15-16H,4-14H2,1-3H3,(H,22,23)(H2,19,20,21);1H. The van der Waals surface area contributed by atoms with E-state index in [1.165, 1.54) is 38.5 Å². The molecular weight excluding hydrogens is 415 g/mol. The lowest BCUT2D eigenvalue weighted by atomic mass is 10.1. The first-order valence-electron chi connectivity index (χ1n) is 9.42. The molecule has 0 spiro atoms. The molecule has 0 saturated heterocycles. The molecule has 6 heteroatoms. The summed E-state index contributed by atoms with van der Waals surface area (Å²) in [6.45, 7) is 5.04. The van der Waals surface area contributed by atoms with Crippen molar-refractivity contribution in [3.63, 3.8) is 0 Å². The molecule has 0 heterocycles. The Hall–Kier alpha value is -0.530. The average molecular weight is 452 g/mol. The number of rotatable bonds is 10. The van der Waals surface area contributed by atoms with Gasteiger partial charge in [0.1, 0.15) is 0 Å². The van der Waals surface area contributed by atoms with E-state index in [0.717, 1.165) is 25.2 Å². The van der Waals surface area contributed by atoms with Crippen molar-refractivity contribution in [2.75, 3.05) is 13.6 Å². The molecule has 0 radical (unpaired) electrons. The Morgan fingerprint density at radius 1 is 1.21 bits per heavy atom. The summed E-state index contributed by atoms with van der Waals surface area (Å²) < 4.78 is 0. The van der Waals surface area contributed by atoms with Crippen molar-refractivity contribution in [1.82, 2.24) is 16.0 Å². The van der Waals surface area contributed by atoms with Crippen LogP contribution < -0.4 is 16.0 Å². The van der Waals surface area contributed by atoms with Crippen LogP contribution in [0.2, 0.25) is 0 Å². The van der Waals surface area contributed by atoms with Crippen LogP contribution in [-0.2, 0) is 4.79 Å². The predicted molar refractivity (Wildman–Crippen MR) is 113 cm³/mol. The number of guanidine groups is 1. The Bertz CT molecular complexity index is 357. The molecule has 5 nitrogen and oxygen atoms in total. The van der Waals surface area contributed by atoms with Gasteiger partial charge in [0.2, 0.25) is 5.91 Å². The number of carbonyl (C=O) groups excluding carboxylic acids is 1.